The number of hydrogen-bond donors (Lipinski definition) is 1. The Bertz CT molecular complexity index is 367. The molecule has 1 rings (SSSR count). The maximum absolute atomic E-state index is 10.6. The van der Waals surface area contributed by atoms with Crippen LogP contribution in [0.1, 0.15) is 12.5 Å². The Kier molecular flexibility index (Phi) is 3.41. The van der Waals surface area contributed by atoms with E-state index in [-0.39, 0.29) is 5.70 Å². The van der Waals surface area contributed by atoms with Crippen LogP contribution in [0.15, 0.2) is 22.5 Å². The summed E-state index contributed by atoms with van der Waals surface area (Å²) in [7, 11) is 0. The number of nitrogens with one attached hydrogen (secondary N) is 1. The summed E-state index contributed by atoms with van der Waals surface area (Å²) < 4.78 is 0. The van der Waals surface area contributed by atoms with Gasteiger partial charge in [-0.2, -0.15) is 11.3 Å². The second kappa shape index (κ2) is 4.57. The van der Waals surface area contributed by atoms with Gasteiger partial charge in [-0.05, 0) is 28.5 Å². The third-order valence-electron chi connectivity index (χ3n) is 1.38. The van der Waals surface area contributed by atoms with Crippen LogP contribution in [0.25, 0.3) is 6.08 Å². The first-order valence-corrected chi connectivity index (χ1v) is 4.76. The Balaban J connectivity index is 2.88. The Hall–Kier alpha value is -1.62. The number of carboxylic acid groups (broad SMARTS) is 1. The SMILES string of the molecule is CC(=O)N/C(=C/c1ccsc1)C(=O)[O-]. The van der Waals surface area contributed by atoms with Crippen molar-refractivity contribution in [2.24, 2.45) is 0 Å². The van der Waals surface area contributed by atoms with E-state index in [1.54, 1.807) is 11.4 Å². The van der Waals surface area contributed by atoms with Crippen LogP contribution in [-0.2, 0) is 9.59 Å². The van der Waals surface area contributed by atoms with Crippen LogP contribution in [0.4, 0.5) is 0 Å². The normalized spacial score (nSPS) is 11.1. The first-order valence-electron chi connectivity index (χ1n) is 3.82. The highest BCUT2D eigenvalue weighted by Gasteiger charge is 2.00. The van der Waals surface area contributed by atoms with E-state index in [2.05, 4.69) is 5.32 Å². The lowest BCUT2D eigenvalue weighted by Crippen LogP contribution is -2.34. The van der Waals surface area contributed by atoms with Crippen LogP contribution in [-0.4, -0.2) is 11.9 Å². The van der Waals surface area contributed by atoms with E-state index >= 15 is 0 Å². The van der Waals surface area contributed by atoms with E-state index in [1.165, 1.54) is 24.3 Å². The second-order valence-electron chi connectivity index (χ2n) is 2.58. The van der Waals surface area contributed by atoms with Gasteiger partial charge in [0.25, 0.3) is 0 Å². The molecule has 0 radical (unpaired) electrons. The Morgan fingerprint density at radius 2 is 2.29 bits per heavy atom. The fourth-order valence-corrected chi connectivity index (χ4v) is 1.48. The molecule has 0 unspecified atom stereocenters. The summed E-state index contributed by atoms with van der Waals surface area (Å²) in [6.45, 7) is 1.24. The van der Waals surface area contributed by atoms with Gasteiger partial charge in [0, 0.05) is 6.92 Å². The van der Waals surface area contributed by atoms with E-state index in [4.69, 9.17) is 0 Å². The maximum atomic E-state index is 10.6. The third-order valence-corrected chi connectivity index (χ3v) is 2.09. The van der Waals surface area contributed by atoms with Gasteiger partial charge >= 0.3 is 0 Å². The molecule has 1 N–H and O–H groups in total. The molecule has 0 saturated heterocycles. The van der Waals surface area contributed by atoms with E-state index in [0.717, 1.165) is 5.56 Å². The van der Waals surface area contributed by atoms with E-state index in [1.807, 2.05) is 5.38 Å². The molecule has 0 atom stereocenters. The topological polar surface area (TPSA) is 69.2 Å². The molecule has 0 spiro atoms. The minimum atomic E-state index is -1.40. The minimum absolute atomic E-state index is 0.226. The predicted octanol–water partition coefficient (Wildman–Crippen LogP) is -0.0250. The molecule has 74 valence electrons. The summed E-state index contributed by atoms with van der Waals surface area (Å²) in [6, 6.07) is 1.75. The molecule has 0 aliphatic carbocycles. The summed E-state index contributed by atoms with van der Waals surface area (Å²) in [6.07, 6.45) is 1.35. The van der Waals surface area contributed by atoms with Crippen LogP contribution in [0.2, 0.25) is 0 Å². The van der Waals surface area contributed by atoms with Gasteiger partial charge in [-0.1, -0.05) is 0 Å². The van der Waals surface area contributed by atoms with Crippen LogP contribution >= 0.6 is 11.3 Å². The average molecular weight is 210 g/mol. The van der Waals surface area contributed by atoms with Gasteiger partial charge in [-0.15, -0.1) is 0 Å². The lowest BCUT2D eigenvalue weighted by atomic mass is 10.2. The number of hydrogen-bond acceptors (Lipinski definition) is 4. The van der Waals surface area contributed by atoms with Gasteiger partial charge in [0.05, 0.1) is 11.7 Å². The minimum Gasteiger partial charge on any atom is -0.543 e. The van der Waals surface area contributed by atoms with Crippen molar-refractivity contribution in [2.75, 3.05) is 0 Å². The summed E-state index contributed by atoms with van der Waals surface area (Å²) in [4.78, 5) is 21.2. The molecule has 0 bridgehead atoms. The number of thiophene rings is 1. The van der Waals surface area contributed by atoms with Crippen molar-refractivity contribution in [3.63, 3.8) is 0 Å². The van der Waals surface area contributed by atoms with Crippen molar-refractivity contribution in [3.05, 3.63) is 28.1 Å². The lowest BCUT2D eigenvalue weighted by Gasteiger charge is -2.07. The fraction of sp³-hybridized carbons (Fsp3) is 0.111. The summed E-state index contributed by atoms with van der Waals surface area (Å²) in [5, 5.41) is 16.3. The average Bonchev–Trinajstić information content (AvgIpc) is 2.54. The van der Waals surface area contributed by atoms with Crippen molar-refractivity contribution < 1.29 is 14.7 Å². The van der Waals surface area contributed by atoms with Gasteiger partial charge in [0.1, 0.15) is 0 Å². The zero-order valence-corrected chi connectivity index (χ0v) is 8.26. The Morgan fingerprint density at radius 1 is 1.57 bits per heavy atom. The molecule has 5 heteroatoms. The number of carboxylic acids is 1. The van der Waals surface area contributed by atoms with Gasteiger partial charge in [-0.25, -0.2) is 0 Å². The number of carbonyl (C=O) groups is 2. The van der Waals surface area contributed by atoms with Crippen LogP contribution < -0.4 is 10.4 Å². The van der Waals surface area contributed by atoms with E-state index in [0.29, 0.717) is 0 Å². The molecule has 0 saturated carbocycles. The summed E-state index contributed by atoms with van der Waals surface area (Å²) in [5.41, 5.74) is 0.499. The molecule has 0 aromatic carbocycles. The van der Waals surface area contributed by atoms with Crippen molar-refractivity contribution >= 4 is 29.3 Å². The molecule has 14 heavy (non-hydrogen) atoms. The molecular weight excluding hydrogens is 202 g/mol. The van der Waals surface area contributed by atoms with Crippen LogP contribution in [0.5, 0.6) is 0 Å². The zero-order chi connectivity index (χ0) is 10.6. The molecule has 1 amide bonds. The van der Waals surface area contributed by atoms with Crippen molar-refractivity contribution in [1.29, 1.82) is 0 Å². The number of amides is 1. The predicted molar refractivity (Wildman–Crippen MR) is 51.1 cm³/mol. The molecule has 0 fully saturated rings. The first kappa shape index (κ1) is 10.5. The van der Waals surface area contributed by atoms with E-state index in [9.17, 15) is 14.7 Å². The monoisotopic (exact) mass is 210 g/mol. The van der Waals surface area contributed by atoms with Crippen LogP contribution in [0, 0.1) is 0 Å². The van der Waals surface area contributed by atoms with Crippen molar-refractivity contribution in [3.8, 4) is 0 Å². The zero-order valence-electron chi connectivity index (χ0n) is 7.44. The second-order valence-corrected chi connectivity index (χ2v) is 3.36. The van der Waals surface area contributed by atoms with Gasteiger partial charge < -0.3 is 15.2 Å². The molecule has 0 aliphatic heterocycles. The number of aliphatic carboxylic acids is 1. The quantitative estimate of drug-likeness (QED) is 0.712. The molecule has 1 aromatic heterocycles. The highest BCUT2D eigenvalue weighted by atomic mass is 32.1. The number of rotatable bonds is 3. The van der Waals surface area contributed by atoms with Crippen molar-refractivity contribution in [2.45, 2.75) is 6.92 Å². The standard InChI is InChI=1S/C9H9NO3S/c1-6(11)10-8(9(12)13)4-7-2-3-14-5-7/h2-5H,1H3,(H,10,11)(H,12,13)/p-1/b8-4+. The maximum Gasteiger partial charge on any atom is 0.221 e. The third kappa shape index (κ3) is 3.02. The van der Waals surface area contributed by atoms with Gasteiger partial charge in [0.2, 0.25) is 5.91 Å². The van der Waals surface area contributed by atoms with E-state index < -0.39 is 11.9 Å². The molecule has 1 aromatic rings. The summed E-state index contributed by atoms with van der Waals surface area (Å²) >= 11 is 1.44. The fourth-order valence-electron chi connectivity index (χ4n) is 0.859. The molecule has 0 aliphatic rings. The molecule has 4 nitrogen and oxygen atoms in total. The van der Waals surface area contributed by atoms with Gasteiger partial charge in [-0.3, -0.25) is 4.79 Å². The Morgan fingerprint density at radius 3 is 2.71 bits per heavy atom. The van der Waals surface area contributed by atoms with Crippen LogP contribution in [0.3, 0.4) is 0 Å². The highest BCUT2D eigenvalue weighted by Crippen LogP contribution is 2.09. The molecular formula is C9H8NO3S-. The van der Waals surface area contributed by atoms with Crippen molar-refractivity contribution in [1.82, 2.24) is 5.32 Å². The smallest absolute Gasteiger partial charge is 0.221 e. The highest BCUT2D eigenvalue weighted by molar-refractivity contribution is 7.08. The summed E-state index contributed by atoms with van der Waals surface area (Å²) in [5.74, 6) is -1.83. The first-order chi connectivity index (χ1) is 6.59. The Labute approximate surface area is 84.9 Å². The molecule has 1 heterocycles. The van der Waals surface area contributed by atoms with Gasteiger partial charge in [0.15, 0.2) is 0 Å². The largest absolute Gasteiger partial charge is 0.543 e. The lowest BCUT2D eigenvalue weighted by molar-refractivity contribution is -0.299. The number of carbonyl (C=O) groups excluding carboxylic acids is 2.